The summed E-state index contributed by atoms with van der Waals surface area (Å²) >= 11 is 0. The fraction of sp³-hybridized carbons (Fsp3) is 0.238. The predicted octanol–water partition coefficient (Wildman–Crippen LogP) is 18.9. The van der Waals surface area contributed by atoms with Crippen LogP contribution in [0, 0.1) is 0 Å². The molecule has 0 saturated heterocycles. The molecular weight excluding hydrogens is 785 g/mol. The summed E-state index contributed by atoms with van der Waals surface area (Å²) in [5, 5.41) is 7.71. The van der Waals surface area contributed by atoms with Crippen LogP contribution in [-0.2, 0) is 5.41 Å². The number of anilines is 6. The van der Waals surface area contributed by atoms with Crippen molar-refractivity contribution >= 4 is 66.4 Å². The van der Waals surface area contributed by atoms with Gasteiger partial charge in [-0.2, -0.15) is 0 Å². The Morgan fingerprint density at radius 1 is 0.338 bits per heavy atom. The van der Waals surface area contributed by atoms with E-state index in [-0.39, 0.29) is 5.41 Å². The van der Waals surface area contributed by atoms with Crippen LogP contribution in [0.4, 0.5) is 34.1 Å². The predicted molar refractivity (Wildman–Crippen MR) is 282 cm³/mol. The van der Waals surface area contributed by atoms with E-state index in [2.05, 4.69) is 249 Å². The molecule has 324 valence electrons. The molecule has 0 unspecified atom stereocenters. The van der Waals surface area contributed by atoms with Crippen molar-refractivity contribution in [1.29, 1.82) is 0 Å². The highest BCUT2D eigenvalue weighted by atomic mass is 15.1. The Balaban J connectivity index is 1.12. The third-order valence-electron chi connectivity index (χ3n) is 14.3. The van der Waals surface area contributed by atoms with Gasteiger partial charge in [0.05, 0.1) is 0 Å². The van der Waals surface area contributed by atoms with Crippen LogP contribution in [-0.4, -0.2) is 0 Å². The fourth-order valence-corrected chi connectivity index (χ4v) is 10.5. The molecule has 0 N–H and O–H groups in total. The maximum Gasteiger partial charge on any atom is 0.0468 e. The normalized spacial score (nSPS) is 13.1. The van der Waals surface area contributed by atoms with E-state index in [0.717, 1.165) is 34.1 Å². The van der Waals surface area contributed by atoms with E-state index >= 15 is 0 Å². The molecule has 65 heavy (non-hydrogen) atoms. The maximum atomic E-state index is 2.49. The smallest absolute Gasteiger partial charge is 0.0468 e. The Kier molecular flexibility index (Phi) is 10.7. The molecule has 0 bridgehead atoms. The van der Waals surface area contributed by atoms with Crippen LogP contribution < -0.4 is 9.80 Å². The maximum absolute atomic E-state index is 2.49. The van der Waals surface area contributed by atoms with Crippen LogP contribution in [0.2, 0.25) is 0 Å². The highest BCUT2D eigenvalue weighted by Gasteiger charge is 2.39. The third kappa shape index (κ3) is 7.38. The lowest BCUT2D eigenvalue weighted by atomic mass is 9.79. The van der Waals surface area contributed by atoms with Gasteiger partial charge in [0, 0.05) is 39.5 Å². The minimum atomic E-state index is -0.239. The number of hydrogen-bond donors (Lipinski definition) is 0. The molecule has 10 rings (SSSR count). The van der Waals surface area contributed by atoms with Gasteiger partial charge in [0.1, 0.15) is 0 Å². The van der Waals surface area contributed by atoms with Gasteiger partial charge in [-0.15, -0.1) is 0 Å². The molecule has 0 atom stereocenters. The molecule has 2 heteroatoms. The number of benzene rings is 9. The topological polar surface area (TPSA) is 6.48 Å². The lowest BCUT2D eigenvalue weighted by Gasteiger charge is -2.28. The quantitative estimate of drug-likeness (QED) is 0.127. The zero-order valence-corrected chi connectivity index (χ0v) is 39.9. The van der Waals surface area contributed by atoms with Crippen LogP contribution in [0.3, 0.4) is 0 Å². The first-order valence-electron chi connectivity index (χ1n) is 23.9. The van der Waals surface area contributed by atoms with Gasteiger partial charge in [-0.1, -0.05) is 154 Å². The van der Waals surface area contributed by atoms with Crippen LogP contribution in [0.1, 0.15) is 126 Å². The van der Waals surface area contributed by atoms with E-state index in [9.17, 15) is 0 Å². The number of hydrogen-bond acceptors (Lipinski definition) is 2. The second-order valence-electron chi connectivity index (χ2n) is 20.2. The first-order valence-corrected chi connectivity index (χ1v) is 23.9. The molecular formula is C63H62N2. The molecule has 0 aromatic heterocycles. The molecule has 0 saturated carbocycles. The van der Waals surface area contributed by atoms with Crippen molar-refractivity contribution in [1.82, 2.24) is 0 Å². The average molecular weight is 847 g/mol. The van der Waals surface area contributed by atoms with Gasteiger partial charge >= 0.3 is 0 Å². The number of rotatable bonds is 10. The van der Waals surface area contributed by atoms with E-state index in [1.54, 1.807) is 0 Å². The molecule has 0 fully saturated rings. The molecule has 0 radical (unpaired) electrons. The van der Waals surface area contributed by atoms with Crippen molar-refractivity contribution < 1.29 is 0 Å². The summed E-state index contributed by atoms with van der Waals surface area (Å²) in [6, 6.07) is 64.9. The monoisotopic (exact) mass is 846 g/mol. The van der Waals surface area contributed by atoms with Gasteiger partial charge in [0.2, 0.25) is 0 Å². The third-order valence-corrected chi connectivity index (χ3v) is 14.3. The standard InChI is InChI=1S/C63H62N2/c1-39(2)43-15-24-49(25-16-43)64(50-26-17-44(18-27-50)40(3)4)53-32-23-47-36-59-60(37-48(47)35-53)63(9,10)62-57-34-33-54(38-58(57)55-13-11-12-14-56(55)61(59)62)65(51-28-19-45(20-29-51)41(5)6)52-30-21-46(22-31-52)42(7)8/h11-42H,1-10H3. The van der Waals surface area contributed by atoms with Gasteiger partial charge in [-0.3, -0.25) is 0 Å². The van der Waals surface area contributed by atoms with Crippen LogP contribution in [0.15, 0.2) is 170 Å². The summed E-state index contributed by atoms with van der Waals surface area (Å²) in [6.45, 7) is 23.0. The molecule has 9 aromatic carbocycles. The lowest BCUT2D eigenvalue weighted by Crippen LogP contribution is -2.16. The number of nitrogens with zero attached hydrogens (tertiary/aromatic N) is 2. The van der Waals surface area contributed by atoms with E-state index in [0.29, 0.717) is 23.7 Å². The summed E-state index contributed by atoms with van der Waals surface area (Å²) in [5.74, 6) is 1.89. The van der Waals surface area contributed by atoms with Gasteiger partial charge in [0.25, 0.3) is 0 Å². The van der Waals surface area contributed by atoms with Gasteiger partial charge < -0.3 is 9.80 Å². The van der Waals surface area contributed by atoms with Crippen molar-refractivity contribution in [2.45, 2.75) is 98.3 Å². The second-order valence-corrected chi connectivity index (χ2v) is 20.2. The summed E-state index contributed by atoms with van der Waals surface area (Å²) in [5.41, 5.74) is 17.6. The van der Waals surface area contributed by atoms with Gasteiger partial charge in [0.15, 0.2) is 0 Å². The SMILES string of the molecule is CC(C)c1ccc(N(c2ccc(C(C)C)cc2)c2ccc3cc4c(cc3c2)C(C)(C)c2c-4c3ccccc3c3cc(N(c4ccc(C(C)C)cc4)c4ccc(C(C)C)cc4)ccc23)cc1. The highest BCUT2D eigenvalue weighted by Crippen LogP contribution is 2.56. The minimum Gasteiger partial charge on any atom is -0.310 e. The van der Waals surface area contributed by atoms with E-state index in [1.165, 1.54) is 76.8 Å². The molecule has 9 aromatic rings. The second kappa shape index (κ2) is 16.4. The molecule has 0 amide bonds. The molecule has 1 aliphatic carbocycles. The summed E-state index contributed by atoms with van der Waals surface area (Å²) < 4.78 is 0. The van der Waals surface area contributed by atoms with Crippen molar-refractivity contribution in [2.24, 2.45) is 0 Å². The van der Waals surface area contributed by atoms with Crippen LogP contribution in [0.5, 0.6) is 0 Å². The Morgan fingerprint density at radius 2 is 0.738 bits per heavy atom. The summed E-state index contributed by atoms with van der Waals surface area (Å²) in [7, 11) is 0. The minimum absolute atomic E-state index is 0.239. The van der Waals surface area contributed by atoms with Crippen molar-refractivity contribution in [3.8, 4) is 11.1 Å². The van der Waals surface area contributed by atoms with Gasteiger partial charge in [-0.05, 0) is 185 Å². The van der Waals surface area contributed by atoms with Gasteiger partial charge in [-0.25, -0.2) is 0 Å². The first-order chi connectivity index (χ1) is 31.3. The van der Waals surface area contributed by atoms with E-state index < -0.39 is 0 Å². The Hall–Kier alpha value is -6.64. The largest absolute Gasteiger partial charge is 0.310 e. The molecule has 2 nitrogen and oxygen atoms in total. The summed E-state index contributed by atoms with van der Waals surface area (Å²) in [6.07, 6.45) is 0. The Bertz CT molecular complexity index is 3100. The van der Waals surface area contributed by atoms with Crippen molar-refractivity contribution in [3.63, 3.8) is 0 Å². The lowest BCUT2D eigenvalue weighted by molar-refractivity contribution is 0.667. The van der Waals surface area contributed by atoms with Crippen molar-refractivity contribution in [2.75, 3.05) is 9.80 Å². The fourth-order valence-electron chi connectivity index (χ4n) is 10.5. The Labute approximate surface area is 387 Å². The Morgan fingerprint density at radius 3 is 1.18 bits per heavy atom. The summed E-state index contributed by atoms with van der Waals surface area (Å²) in [4.78, 5) is 4.85. The van der Waals surface area contributed by atoms with E-state index in [1.807, 2.05) is 0 Å². The average Bonchev–Trinajstić information content (AvgIpc) is 3.54. The number of fused-ring (bicyclic) bond motifs is 9. The van der Waals surface area contributed by atoms with Crippen LogP contribution >= 0.6 is 0 Å². The van der Waals surface area contributed by atoms with Crippen molar-refractivity contribution in [3.05, 3.63) is 203 Å². The van der Waals surface area contributed by atoms with E-state index in [4.69, 9.17) is 0 Å². The molecule has 0 aliphatic heterocycles. The molecule has 1 aliphatic rings. The highest BCUT2D eigenvalue weighted by molar-refractivity contribution is 6.19. The molecule has 0 heterocycles. The molecule has 0 spiro atoms. The zero-order chi connectivity index (χ0) is 45.3. The first kappa shape index (κ1) is 42.3. The van der Waals surface area contributed by atoms with Crippen LogP contribution in [0.25, 0.3) is 43.4 Å². The zero-order valence-electron chi connectivity index (χ0n) is 39.9.